The van der Waals surface area contributed by atoms with E-state index in [9.17, 15) is 5.11 Å². The van der Waals surface area contributed by atoms with Crippen LogP contribution in [0.25, 0.3) is 0 Å². The minimum Gasteiger partial charge on any atom is -0.491 e. The quantitative estimate of drug-likeness (QED) is 0.871. The maximum absolute atomic E-state index is 9.80. The lowest BCUT2D eigenvalue weighted by molar-refractivity contribution is 0.0606. The van der Waals surface area contributed by atoms with Gasteiger partial charge >= 0.3 is 0 Å². The molecule has 2 rings (SSSR count). The number of aromatic nitrogens is 2. The Kier molecular flexibility index (Phi) is 4.90. The number of aliphatic hydroxyl groups is 1. The second-order valence-corrected chi connectivity index (χ2v) is 4.54. The third kappa shape index (κ3) is 4.20. The van der Waals surface area contributed by atoms with Crippen LogP contribution in [0.2, 0.25) is 0 Å². The molecule has 0 aliphatic heterocycles. The number of hydrogen-bond acceptors (Lipinski definition) is 5. The highest BCUT2D eigenvalue weighted by Gasteiger charge is 2.08. The highest BCUT2D eigenvalue weighted by atomic mass is 16.5. The molecule has 0 saturated carbocycles. The molecule has 5 nitrogen and oxygen atoms in total. The van der Waals surface area contributed by atoms with E-state index < -0.39 is 6.10 Å². The van der Waals surface area contributed by atoms with Crippen LogP contribution in [0.15, 0.2) is 36.4 Å². The minimum atomic E-state index is -0.724. The van der Waals surface area contributed by atoms with E-state index in [1.807, 2.05) is 44.2 Å². The molecule has 1 atom stereocenters. The molecule has 0 spiro atoms. The molecule has 2 aromatic rings. The number of ether oxygens (including phenoxy) is 2. The molecule has 0 aliphatic rings. The molecule has 1 aromatic carbocycles. The smallest absolute Gasteiger partial charge is 0.233 e. The second-order valence-electron chi connectivity index (χ2n) is 4.54. The zero-order valence-corrected chi connectivity index (χ0v) is 11.6. The van der Waals surface area contributed by atoms with Crippen LogP contribution < -0.4 is 9.47 Å². The summed E-state index contributed by atoms with van der Waals surface area (Å²) < 4.78 is 10.8. The predicted octanol–water partition coefficient (Wildman–Crippen LogP) is 1.91. The molecule has 0 amide bonds. The first-order valence-electron chi connectivity index (χ1n) is 6.45. The fourth-order valence-corrected chi connectivity index (χ4v) is 1.53. The minimum absolute atomic E-state index is 0.115. The molecular formula is C15H18N2O3. The van der Waals surface area contributed by atoms with Crippen LogP contribution in [-0.2, 0) is 0 Å². The van der Waals surface area contributed by atoms with E-state index in [0.717, 1.165) is 17.0 Å². The predicted molar refractivity (Wildman–Crippen MR) is 74.9 cm³/mol. The Morgan fingerprint density at radius 3 is 2.45 bits per heavy atom. The lowest BCUT2D eigenvalue weighted by atomic mass is 10.2. The highest BCUT2D eigenvalue weighted by Crippen LogP contribution is 2.11. The molecule has 0 saturated heterocycles. The van der Waals surface area contributed by atoms with Gasteiger partial charge in [-0.1, -0.05) is 18.2 Å². The molecule has 106 valence electrons. The van der Waals surface area contributed by atoms with Gasteiger partial charge in [0.1, 0.15) is 25.1 Å². The van der Waals surface area contributed by atoms with Crippen molar-refractivity contribution in [2.45, 2.75) is 20.0 Å². The van der Waals surface area contributed by atoms with Crippen molar-refractivity contribution in [3.05, 3.63) is 47.7 Å². The summed E-state index contributed by atoms with van der Waals surface area (Å²) in [6.07, 6.45) is -0.724. The Hall–Kier alpha value is -2.14. The van der Waals surface area contributed by atoms with Crippen LogP contribution in [0.1, 0.15) is 11.3 Å². The summed E-state index contributed by atoms with van der Waals surface area (Å²) in [5, 5.41) is 17.7. The van der Waals surface area contributed by atoms with Crippen LogP contribution in [0.3, 0.4) is 0 Å². The SMILES string of the molecule is Cc1cc(OCC(O)COc2ccccc2)nnc1C. The van der Waals surface area contributed by atoms with E-state index >= 15 is 0 Å². The Balaban J connectivity index is 1.77. The van der Waals surface area contributed by atoms with Gasteiger partial charge in [-0.3, -0.25) is 0 Å². The first-order chi connectivity index (χ1) is 9.65. The molecule has 20 heavy (non-hydrogen) atoms. The third-order valence-corrected chi connectivity index (χ3v) is 2.82. The van der Waals surface area contributed by atoms with Crippen LogP contribution in [0.5, 0.6) is 11.6 Å². The highest BCUT2D eigenvalue weighted by molar-refractivity contribution is 5.22. The number of rotatable bonds is 6. The Labute approximate surface area is 118 Å². The molecule has 1 unspecified atom stereocenters. The van der Waals surface area contributed by atoms with Crippen molar-refractivity contribution in [1.29, 1.82) is 0 Å². The third-order valence-electron chi connectivity index (χ3n) is 2.82. The van der Waals surface area contributed by atoms with Crippen molar-refractivity contribution in [3.63, 3.8) is 0 Å². The zero-order chi connectivity index (χ0) is 14.4. The van der Waals surface area contributed by atoms with Crippen LogP contribution in [0, 0.1) is 13.8 Å². The van der Waals surface area contributed by atoms with Crippen molar-refractivity contribution >= 4 is 0 Å². The Morgan fingerprint density at radius 2 is 1.75 bits per heavy atom. The normalized spacial score (nSPS) is 11.9. The monoisotopic (exact) mass is 274 g/mol. The lowest BCUT2D eigenvalue weighted by Gasteiger charge is -2.13. The van der Waals surface area contributed by atoms with E-state index in [1.165, 1.54) is 0 Å². The summed E-state index contributed by atoms with van der Waals surface area (Å²) in [4.78, 5) is 0. The van der Waals surface area contributed by atoms with Gasteiger partial charge in [0.2, 0.25) is 5.88 Å². The van der Waals surface area contributed by atoms with E-state index in [4.69, 9.17) is 9.47 Å². The van der Waals surface area contributed by atoms with Crippen LogP contribution in [-0.4, -0.2) is 34.6 Å². The lowest BCUT2D eigenvalue weighted by Crippen LogP contribution is -2.25. The van der Waals surface area contributed by atoms with Crippen LogP contribution >= 0.6 is 0 Å². The van der Waals surface area contributed by atoms with E-state index in [1.54, 1.807) is 6.07 Å². The topological polar surface area (TPSA) is 64.5 Å². The van der Waals surface area contributed by atoms with E-state index in [0.29, 0.717) is 5.88 Å². The molecule has 1 heterocycles. The number of benzene rings is 1. The standard InChI is InChI=1S/C15H18N2O3/c1-11-8-15(17-16-12(11)2)20-10-13(18)9-19-14-6-4-3-5-7-14/h3-8,13,18H,9-10H2,1-2H3. The van der Waals surface area contributed by atoms with Crippen molar-refractivity contribution in [2.24, 2.45) is 0 Å². The van der Waals surface area contributed by atoms with Crippen molar-refractivity contribution in [3.8, 4) is 11.6 Å². The fraction of sp³-hybridized carbons (Fsp3) is 0.333. The van der Waals surface area contributed by atoms with E-state index in [-0.39, 0.29) is 13.2 Å². The molecule has 1 aromatic heterocycles. The van der Waals surface area contributed by atoms with E-state index in [2.05, 4.69) is 10.2 Å². The summed E-state index contributed by atoms with van der Waals surface area (Å²) in [5.74, 6) is 1.13. The largest absolute Gasteiger partial charge is 0.491 e. The van der Waals surface area contributed by atoms with Crippen molar-refractivity contribution in [1.82, 2.24) is 10.2 Å². The molecule has 0 aliphatic carbocycles. The van der Waals surface area contributed by atoms with Crippen molar-refractivity contribution in [2.75, 3.05) is 13.2 Å². The molecule has 1 N–H and O–H groups in total. The number of nitrogens with zero attached hydrogens (tertiary/aromatic N) is 2. The summed E-state index contributed by atoms with van der Waals surface area (Å²) in [7, 11) is 0. The first kappa shape index (κ1) is 14.3. The summed E-state index contributed by atoms with van der Waals surface area (Å²) in [6.45, 7) is 4.10. The number of aryl methyl sites for hydroxylation is 2. The first-order valence-corrected chi connectivity index (χ1v) is 6.45. The summed E-state index contributed by atoms with van der Waals surface area (Å²) in [5.41, 5.74) is 1.87. The number of aliphatic hydroxyl groups excluding tert-OH is 1. The zero-order valence-electron chi connectivity index (χ0n) is 11.6. The number of para-hydroxylation sites is 1. The average molecular weight is 274 g/mol. The average Bonchev–Trinajstić information content (AvgIpc) is 2.47. The fourth-order valence-electron chi connectivity index (χ4n) is 1.53. The van der Waals surface area contributed by atoms with Gasteiger partial charge in [0, 0.05) is 6.07 Å². The summed E-state index contributed by atoms with van der Waals surface area (Å²) >= 11 is 0. The summed E-state index contributed by atoms with van der Waals surface area (Å²) in [6, 6.07) is 11.1. The van der Waals surface area contributed by atoms with Gasteiger partial charge in [-0.05, 0) is 31.5 Å². The van der Waals surface area contributed by atoms with Gasteiger partial charge in [0.25, 0.3) is 0 Å². The maximum Gasteiger partial charge on any atom is 0.233 e. The molecular weight excluding hydrogens is 256 g/mol. The van der Waals surface area contributed by atoms with Gasteiger partial charge in [0.15, 0.2) is 0 Å². The molecule has 5 heteroatoms. The van der Waals surface area contributed by atoms with Gasteiger partial charge in [0.05, 0.1) is 5.69 Å². The second kappa shape index (κ2) is 6.86. The van der Waals surface area contributed by atoms with Gasteiger partial charge < -0.3 is 14.6 Å². The maximum atomic E-state index is 9.80. The Morgan fingerprint density at radius 1 is 1.05 bits per heavy atom. The van der Waals surface area contributed by atoms with Gasteiger partial charge in [-0.25, -0.2) is 0 Å². The van der Waals surface area contributed by atoms with Gasteiger partial charge in [-0.2, -0.15) is 5.10 Å². The number of hydrogen-bond donors (Lipinski definition) is 1. The van der Waals surface area contributed by atoms with Gasteiger partial charge in [-0.15, -0.1) is 5.10 Å². The Bertz CT molecular complexity index is 546. The van der Waals surface area contributed by atoms with Crippen molar-refractivity contribution < 1.29 is 14.6 Å². The molecule has 0 bridgehead atoms. The molecule has 0 fully saturated rings. The van der Waals surface area contributed by atoms with Crippen LogP contribution in [0.4, 0.5) is 0 Å². The molecule has 0 radical (unpaired) electrons.